The first kappa shape index (κ1) is 19.1. The summed E-state index contributed by atoms with van der Waals surface area (Å²) < 4.78 is 30.5. The molecule has 1 unspecified atom stereocenters. The Bertz CT molecular complexity index is 941. The fourth-order valence-electron chi connectivity index (χ4n) is 2.48. The second-order valence-corrected chi connectivity index (χ2v) is 9.44. The SMILES string of the molecule is C[C@H](N[S+]([O-])C(C)(C)C)c1cn2ncc(Cl)c2nc1-c1cccc(F)c1. The number of aromatic nitrogens is 3. The Balaban J connectivity index is 2.12. The van der Waals surface area contributed by atoms with Crippen LogP contribution < -0.4 is 4.72 Å². The van der Waals surface area contributed by atoms with Crippen molar-refractivity contribution < 1.29 is 8.94 Å². The normalized spacial score (nSPS) is 14.6. The van der Waals surface area contributed by atoms with E-state index in [1.807, 2.05) is 27.7 Å². The molecule has 0 aliphatic rings. The molecule has 8 heteroatoms. The van der Waals surface area contributed by atoms with Gasteiger partial charge in [0.1, 0.15) is 15.6 Å². The van der Waals surface area contributed by atoms with Crippen LogP contribution in [0, 0.1) is 5.82 Å². The van der Waals surface area contributed by atoms with E-state index in [2.05, 4.69) is 14.8 Å². The molecular weight excluding hydrogens is 375 g/mol. The number of benzene rings is 1. The van der Waals surface area contributed by atoms with Gasteiger partial charge in [-0.2, -0.15) is 5.10 Å². The summed E-state index contributed by atoms with van der Waals surface area (Å²) in [7, 11) is 0. The largest absolute Gasteiger partial charge is 0.598 e. The van der Waals surface area contributed by atoms with E-state index in [1.165, 1.54) is 18.3 Å². The van der Waals surface area contributed by atoms with Crippen LogP contribution >= 0.6 is 11.6 Å². The minimum absolute atomic E-state index is 0.298. The third-order valence-corrected chi connectivity index (χ3v) is 5.83. The van der Waals surface area contributed by atoms with Gasteiger partial charge >= 0.3 is 0 Å². The van der Waals surface area contributed by atoms with Crippen molar-refractivity contribution in [1.29, 1.82) is 0 Å². The van der Waals surface area contributed by atoms with Gasteiger partial charge in [-0.25, -0.2) is 13.9 Å². The Morgan fingerprint density at radius 2 is 2.08 bits per heavy atom. The van der Waals surface area contributed by atoms with E-state index in [9.17, 15) is 8.94 Å². The molecule has 0 spiro atoms. The number of rotatable bonds is 4. The lowest BCUT2D eigenvalue weighted by atomic mass is 10.0. The van der Waals surface area contributed by atoms with Crippen molar-refractivity contribution in [3.05, 3.63) is 53.1 Å². The van der Waals surface area contributed by atoms with Gasteiger partial charge in [0, 0.05) is 28.7 Å². The molecule has 0 aliphatic heterocycles. The van der Waals surface area contributed by atoms with E-state index < -0.39 is 16.1 Å². The molecule has 0 aliphatic carbocycles. The summed E-state index contributed by atoms with van der Waals surface area (Å²) in [5.74, 6) is -0.353. The fourth-order valence-corrected chi connectivity index (χ4v) is 3.46. The van der Waals surface area contributed by atoms with Crippen LogP contribution in [0.4, 0.5) is 4.39 Å². The Kier molecular flexibility index (Phi) is 5.25. The standard InChI is InChI=1S/C18H20ClFN4OS/c1-11(23-26(25)18(2,3)4)14-10-24-17(15(19)9-21-24)22-16(14)12-6-5-7-13(20)8-12/h5-11,23H,1-4H3/t11-,26?/m0/s1. The molecule has 1 aromatic carbocycles. The number of hydrogen-bond donors (Lipinski definition) is 1. The molecule has 26 heavy (non-hydrogen) atoms. The molecule has 2 heterocycles. The zero-order valence-electron chi connectivity index (χ0n) is 15.0. The van der Waals surface area contributed by atoms with Gasteiger partial charge in [-0.1, -0.05) is 23.7 Å². The first-order chi connectivity index (χ1) is 12.2. The zero-order valence-corrected chi connectivity index (χ0v) is 16.5. The summed E-state index contributed by atoms with van der Waals surface area (Å²) in [6.07, 6.45) is 3.29. The topological polar surface area (TPSA) is 65.3 Å². The minimum atomic E-state index is -1.27. The molecule has 2 aromatic heterocycles. The van der Waals surface area contributed by atoms with Crippen LogP contribution in [0.15, 0.2) is 36.7 Å². The third-order valence-electron chi connectivity index (χ3n) is 3.88. The van der Waals surface area contributed by atoms with E-state index in [0.29, 0.717) is 21.9 Å². The highest BCUT2D eigenvalue weighted by Gasteiger charge is 2.29. The average molecular weight is 395 g/mol. The third kappa shape index (κ3) is 3.86. The first-order valence-electron chi connectivity index (χ1n) is 8.14. The molecule has 0 radical (unpaired) electrons. The predicted octanol–water partition coefficient (Wildman–Crippen LogP) is 4.30. The van der Waals surface area contributed by atoms with Crippen LogP contribution in [0.3, 0.4) is 0 Å². The van der Waals surface area contributed by atoms with Crippen molar-refractivity contribution >= 4 is 28.6 Å². The molecule has 138 valence electrons. The van der Waals surface area contributed by atoms with Crippen LogP contribution in [0.1, 0.15) is 39.3 Å². The van der Waals surface area contributed by atoms with Crippen molar-refractivity contribution in [2.45, 2.75) is 38.5 Å². The molecule has 0 bridgehead atoms. The quantitative estimate of drug-likeness (QED) is 0.670. The molecule has 3 aromatic rings. The smallest absolute Gasteiger partial charge is 0.174 e. The van der Waals surface area contributed by atoms with Crippen molar-refractivity contribution in [3.8, 4) is 11.3 Å². The summed E-state index contributed by atoms with van der Waals surface area (Å²) in [5.41, 5.74) is 2.43. The van der Waals surface area contributed by atoms with E-state index in [1.54, 1.807) is 22.8 Å². The molecular formula is C18H20ClFN4OS. The van der Waals surface area contributed by atoms with Gasteiger partial charge in [0.05, 0.1) is 17.9 Å². The highest BCUT2D eigenvalue weighted by atomic mass is 35.5. The second kappa shape index (κ2) is 7.15. The van der Waals surface area contributed by atoms with Gasteiger partial charge in [-0.05, 0) is 39.8 Å². The highest BCUT2D eigenvalue weighted by molar-refractivity contribution is 7.90. The van der Waals surface area contributed by atoms with Crippen molar-refractivity contribution in [1.82, 2.24) is 19.3 Å². The van der Waals surface area contributed by atoms with Crippen LogP contribution in [0.25, 0.3) is 16.9 Å². The molecule has 2 atom stereocenters. The maximum atomic E-state index is 13.7. The van der Waals surface area contributed by atoms with Gasteiger partial charge in [-0.15, -0.1) is 4.72 Å². The average Bonchev–Trinajstić information content (AvgIpc) is 2.93. The molecule has 1 N–H and O–H groups in total. The van der Waals surface area contributed by atoms with Crippen LogP contribution in [0.5, 0.6) is 0 Å². The van der Waals surface area contributed by atoms with Gasteiger partial charge in [0.15, 0.2) is 5.65 Å². The summed E-state index contributed by atoms with van der Waals surface area (Å²) in [6.45, 7) is 7.57. The lowest BCUT2D eigenvalue weighted by molar-refractivity contribution is 0.530. The molecule has 5 nitrogen and oxygen atoms in total. The summed E-state index contributed by atoms with van der Waals surface area (Å²) in [6, 6.07) is 5.91. The number of nitrogens with zero attached hydrogens (tertiary/aromatic N) is 3. The van der Waals surface area contributed by atoms with E-state index in [4.69, 9.17) is 11.6 Å². The maximum absolute atomic E-state index is 13.7. The monoisotopic (exact) mass is 394 g/mol. The fraction of sp³-hybridized carbons (Fsp3) is 0.333. The summed E-state index contributed by atoms with van der Waals surface area (Å²) in [4.78, 5) is 4.60. The predicted molar refractivity (Wildman–Crippen MR) is 103 cm³/mol. The first-order valence-corrected chi connectivity index (χ1v) is 9.67. The zero-order chi connectivity index (χ0) is 19.1. The molecule has 0 saturated carbocycles. The van der Waals surface area contributed by atoms with Crippen LogP contribution in [0.2, 0.25) is 5.02 Å². The van der Waals surface area contributed by atoms with Crippen molar-refractivity contribution in [2.24, 2.45) is 0 Å². The Hall–Kier alpha value is -1.67. The lowest BCUT2D eigenvalue weighted by Gasteiger charge is -2.27. The Labute approximate surface area is 159 Å². The molecule has 0 fully saturated rings. The Morgan fingerprint density at radius 1 is 1.35 bits per heavy atom. The highest BCUT2D eigenvalue weighted by Crippen LogP contribution is 2.30. The van der Waals surface area contributed by atoms with Gasteiger partial charge in [0.2, 0.25) is 0 Å². The second-order valence-electron chi connectivity index (χ2n) is 7.04. The molecule has 3 rings (SSSR count). The van der Waals surface area contributed by atoms with E-state index >= 15 is 0 Å². The molecule has 0 amide bonds. The van der Waals surface area contributed by atoms with Gasteiger partial charge in [0.25, 0.3) is 0 Å². The van der Waals surface area contributed by atoms with Gasteiger partial charge in [-0.3, -0.25) is 0 Å². The number of nitrogens with one attached hydrogen (secondary N) is 1. The van der Waals surface area contributed by atoms with Gasteiger partial charge < -0.3 is 4.55 Å². The summed E-state index contributed by atoms with van der Waals surface area (Å²) in [5, 5.41) is 4.60. The summed E-state index contributed by atoms with van der Waals surface area (Å²) >= 11 is 4.88. The lowest BCUT2D eigenvalue weighted by Crippen LogP contribution is -2.40. The molecule has 0 saturated heterocycles. The van der Waals surface area contributed by atoms with Crippen molar-refractivity contribution in [3.63, 3.8) is 0 Å². The van der Waals surface area contributed by atoms with E-state index in [0.717, 1.165) is 5.56 Å². The van der Waals surface area contributed by atoms with Crippen LogP contribution in [-0.4, -0.2) is 23.9 Å². The van der Waals surface area contributed by atoms with Crippen LogP contribution in [-0.2, 0) is 11.4 Å². The number of fused-ring (bicyclic) bond motifs is 1. The maximum Gasteiger partial charge on any atom is 0.174 e. The Morgan fingerprint density at radius 3 is 2.73 bits per heavy atom. The number of halogens is 2. The minimum Gasteiger partial charge on any atom is -0.598 e. The van der Waals surface area contributed by atoms with E-state index in [-0.39, 0.29) is 11.9 Å². The van der Waals surface area contributed by atoms with Crippen molar-refractivity contribution in [2.75, 3.05) is 0 Å². The number of hydrogen-bond acceptors (Lipinski definition) is 4.